The second kappa shape index (κ2) is 6.76. The molecule has 0 saturated heterocycles. The highest BCUT2D eigenvalue weighted by molar-refractivity contribution is 5.06. The van der Waals surface area contributed by atoms with Gasteiger partial charge in [0.1, 0.15) is 18.1 Å². The zero-order valence-corrected chi connectivity index (χ0v) is 12.0. The summed E-state index contributed by atoms with van der Waals surface area (Å²) in [6, 6.07) is 3.97. The SMILES string of the molecule is C=C(C)CCOCc1ccc(CNC(C)(C)C)o1. The van der Waals surface area contributed by atoms with Gasteiger partial charge in [0.25, 0.3) is 0 Å². The second-order valence-electron chi connectivity index (χ2n) is 5.73. The Labute approximate surface area is 110 Å². The normalized spacial score (nSPS) is 11.8. The third-order valence-electron chi connectivity index (χ3n) is 2.43. The minimum Gasteiger partial charge on any atom is -0.462 e. The first kappa shape index (κ1) is 15.0. The Morgan fingerprint density at radius 3 is 2.61 bits per heavy atom. The van der Waals surface area contributed by atoms with Crippen LogP contribution < -0.4 is 5.32 Å². The van der Waals surface area contributed by atoms with Gasteiger partial charge >= 0.3 is 0 Å². The van der Waals surface area contributed by atoms with Gasteiger partial charge in [0.15, 0.2) is 0 Å². The van der Waals surface area contributed by atoms with E-state index in [2.05, 4.69) is 32.7 Å². The van der Waals surface area contributed by atoms with Crippen molar-refractivity contribution in [2.45, 2.75) is 52.8 Å². The monoisotopic (exact) mass is 251 g/mol. The summed E-state index contributed by atoms with van der Waals surface area (Å²) in [5.41, 5.74) is 1.25. The lowest BCUT2D eigenvalue weighted by Crippen LogP contribution is -2.34. The van der Waals surface area contributed by atoms with E-state index in [0.717, 1.165) is 30.1 Å². The quantitative estimate of drug-likeness (QED) is 0.593. The predicted octanol–water partition coefficient (Wildman–Crippen LogP) is 3.65. The van der Waals surface area contributed by atoms with E-state index in [1.807, 2.05) is 19.1 Å². The Morgan fingerprint density at radius 1 is 1.33 bits per heavy atom. The van der Waals surface area contributed by atoms with Gasteiger partial charge in [-0.15, -0.1) is 6.58 Å². The molecule has 0 aromatic carbocycles. The van der Waals surface area contributed by atoms with E-state index in [1.165, 1.54) is 0 Å². The molecule has 1 aromatic heterocycles. The van der Waals surface area contributed by atoms with Gasteiger partial charge in [0.2, 0.25) is 0 Å². The molecule has 1 heterocycles. The summed E-state index contributed by atoms with van der Waals surface area (Å²) in [7, 11) is 0. The van der Waals surface area contributed by atoms with Crippen molar-refractivity contribution in [3.05, 3.63) is 35.8 Å². The Kier molecular flexibility index (Phi) is 5.63. The van der Waals surface area contributed by atoms with Gasteiger partial charge in [0, 0.05) is 5.54 Å². The Balaban J connectivity index is 2.28. The molecule has 0 bridgehead atoms. The van der Waals surface area contributed by atoms with Gasteiger partial charge in [-0.3, -0.25) is 0 Å². The van der Waals surface area contributed by atoms with Gasteiger partial charge in [-0.25, -0.2) is 0 Å². The third kappa shape index (κ3) is 6.62. The van der Waals surface area contributed by atoms with E-state index in [0.29, 0.717) is 13.2 Å². The highest BCUT2D eigenvalue weighted by Gasteiger charge is 2.10. The third-order valence-corrected chi connectivity index (χ3v) is 2.43. The average molecular weight is 251 g/mol. The summed E-state index contributed by atoms with van der Waals surface area (Å²) >= 11 is 0. The van der Waals surface area contributed by atoms with Crippen LogP contribution in [0.3, 0.4) is 0 Å². The fraction of sp³-hybridized carbons (Fsp3) is 0.600. The molecule has 3 nitrogen and oxygen atoms in total. The average Bonchev–Trinajstić information content (AvgIpc) is 2.68. The molecule has 0 atom stereocenters. The molecule has 1 rings (SSSR count). The Morgan fingerprint density at radius 2 is 2.00 bits per heavy atom. The molecule has 0 aliphatic heterocycles. The van der Waals surface area contributed by atoms with Crippen molar-refractivity contribution in [1.82, 2.24) is 5.32 Å². The van der Waals surface area contributed by atoms with E-state index >= 15 is 0 Å². The predicted molar refractivity (Wildman–Crippen MR) is 74.4 cm³/mol. The van der Waals surface area contributed by atoms with E-state index in [9.17, 15) is 0 Å². The maximum Gasteiger partial charge on any atom is 0.129 e. The first-order chi connectivity index (χ1) is 8.37. The summed E-state index contributed by atoms with van der Waals surface area (Å²) in [6.07, 6.45) is 0.902. The number of hydrogen-bond acceptors (Lipinski definition) is 3. The van der Waals surface area contributed by atoms with Crippen molar-refractivity contribution >= 4 is 0 Å². The molecule has 3 heteroatoms. The van der Waals surface area contributed by atoms with Gasteiger partial charge in [-0.1, -0.05) is 5.57 Å². The fourth-order valence-corrected chi connectivity index (χ4v) is 1.37. The lowest BCUT2D eigenvalue weighted by Gasteiger charge is -2.19. The van der Waals surface area contributed by atoms with Crippen LogP contribution >= 0.6 is 0 Å². The molecule has 0 aliphatic carbocycles. The van der Waals surface area contributed by atoms with Crippen LogP contribution in [0, 0.1) is 0 Å². The molecule has 18 heavy (non-hydrogen) atoms. The summed E-state index contributed by atoms with van der Waals surface area (Å²) in [4.78, 5) is 0. The molecular weight excluding hydrogens is 226 g/mol. The van der Waals surface area contributed by atoms with E-state index in [4.69, 9.17) is 9.15 Å². The number of nitrogens with one attached hydrogen (secondary N) is 1. The summed E-state index contributed by atoms with van der Waals surface area (Å²) < 4.78 is 11.2. The summed E-state index contributed by atoms with van der Waals surface area (Å²) in [6.45, 7) is 14.2. The van der Waals surface area contributed by atoms with Crippen LogP contribution in [-0.2, 0) is 17.9 Å². The van der Waals surface area contributed by atoms with Gasteiger partial charge in [-0.05, 0) is 46.2 Å². The van der Waals surface area contributed by atoms with Crippen molar-refractivity contribution in [1.29, 1.82) is 0 Å². The molecule has 1 N–H and O–H groups in total. The molecule has 0 amide bonds. The van der Waals surface area contributed by atoms with Gasteiger partial charge in [0.05, 0.1) is 13.2 Å². The number of ether oxygens (including phenoxy) is 1. The summed E-state index contributed by atoms with van der Waals surface area (Å²) in [5.74, 6) is 1.82. The molecule has 0 fully saturated rings. The van der Waals surface area contributed by atoms with Crippen molar-refractivity contribution in [3.8, 4) is 0 Å². The highest BCUT2D eigenvalue weighted by Crippen LogP contribution is 2.11. The minimum absolute atomic E-state index is 0.102. The lowest BCUT2D eigenvalue weighted by molar-refractivity contribution is 0.108. The van der Waals surface area contributed by atoms with Crippen LogP contribution in [0.15, 0.2) is 28.7 Å². The van der Waals surface area contributed by atoms with Gasteiger partial charge in [-0.2, -0.15) is 0 Å². The standard InChI is InChI=1S/C15H25NO2/c1-12(2)8-9-17-11-14-7-6-13(18-14)10-16-15(3,4)5/h6-7,16H,1,8-11H2,2-5H3. The molecule has 0 unspecified atom stereocenters. The smallest absolute Gasteiger partial charge is 0.129 e. The van der Waals surface area contributed by atoms with Crippen molar-refractivity contribution in [3.63, 3.8) is 0 Å². The van der Waals surface area contributed by atoms with Gasteiger partial charge < -0.3 is 14.5 Å². The largest absolute Gasteiger partial charge is 0.462 e. The maximum atomic E-state index is 5.68. The number of rotatable bonds is 7. The Bertz CT molecular complexity index is 374. The van der Waals surface area contributed by atoms with Crippen molar-refractivity contribution < 1.29 is 9.15 Å². The van der Waals surface area contributed by atoms with Crippen LogP contribution in [0.1, 0.15) is 45.6 Å². The molecular formula is C15H25NO2. The maximum absolute atomic E-state index is 5.68. The molecule has 0 saturated carbocycles. The minimum atomic E-state index is 0.102. The van der Waals surface area contributed by atoms with Crippen LogP contribution in [0.4, 0.5) is 0 Å². The molecule has 1 aromatic rings. The lowest BCUT2D eigenvalue weighted by atomic mass is 10.1. The number of hydrogen-bond donors (Lipinski definition) is 1. The zero-order valence-electron chi connectivity index (χ0n) is 12.0. The molecule has 0 aliphatic rings. The molecule has 0 radical (unpaired) electrons. The first-order valence-corrected chi connectivity index (χ1v) is 6.41. The molecule has 0 spiro atoms. The van der Waals surface area contributed by atoms with Crippen molar-refractivity contribution in [2.24, 2.45) is 0 Å². The van der Waals surface area contributed by atoms with Crippen LogP contribution in [0.2, 0.25) is 0 Å². The van der Waals surface area contributed by atoms with Crippen LogP contribution in [0.25, 0.3) is 0 Å². The zero-order chi connectivity index (χ0) is 13.6. The molecule has 102 valence electrons. The second-order valence-corrected chi connectivity index (χ2v) is 5.73. The number of furan rings is 1. The first-order valence-electron chi connectivity index (χ1n) is 6.41. The Hall–Kier alpha value is -1.06. The van der Waals surface area contributed by atoms with E-state index < -0.39 is 0 Å². The van der Waals surface area contributed by atoms with E-state index in [-0.39, 0.29) is 5.54 Å². The van der Waals surface area contributed by atoms with E-state index in [1.54, 1.807) is 0 Å². The fourth-order valence-electron chi connectivity index (χ4n) is 1.37. The summed E-state index contributed by atoms with van der Waals surface area (Å²) in [5, 5.41) is 3.39. The van der Waals surface area contributed by atoms with Crippen molar-refractivity contribution in [2.75, 3.05) is 6.61 Å². The highest BCUT2D eigenvalue weighted by atomic mass is 16.5. The van der Waals surface area contributed by atoms with Crippen LogP contribution in [-0.4, -0.2) is 12.1 Å². The topological polar surface area (TPSA) is 34.4 Å². The van der Waals surface area contributed by atoms with Crippen LogP contribution in [0.5, 0.6) is 0 Å².